The van der Waals surface area contributed by atoms with Crippen molar-refractivity contribution in [3.05, 3.63) is 10.6 Å². The first-order valence-corrected chi connectivity index (χ1v) is 10.1. The fourth-order valence-corrected chi connectivity index (χ4v) is 6.70. The molecule has 1 N–H and O–H groups in total. The number of thiazole rings is 1. The third-order valence-corrected chi connectivity index (χ3v) is 7.67. The van der Waals surface area contributed by atoms with Gasteiger partial charge in [-0.2, -0.15) is 0 Å². The minimum absolute atomic E-state index is 0.00234. The largest absolute Gasteiger partial charge is 0.461 e. The lowest BCUT2D eigenvalue weighted by atomic mass is 9.54. The molecule has 1 aliphatic heterocycles. The van der Waals surface area contributed by atoms with Gasteiger partial charge in [0.25, 0.3) is 5.91 Å². The monoisotopic (exact) mass is 378 g/mol. The number of rotatable bonds is 3. The summed E-state index contributed by atoms with van der Waals surface area (Å²) < 4.78 is 10.7. The molecule has 0 spiro atoms. The van der Waals surface area contributed by atoms with Gasteiger partial charge in [0.15, 0.2) is 5.13 Å². The molecular formula is C19H26N2O4S. The molecule has 0 bridgehead atoms. The van der Waals surface area contributed by atoms with Gasteiger partial charge in [0.05, 0.1) is 11.6 Å². The first-order valence-electron chi connectivity index (χ1n) is 9.33. The number of carbonyl (C=O) groups is 2. The zero-order valence-electron chi connectivity index (χ0n) is 15.7. The predicted molar refractivity (Wildman–Crippen MR) is 98.1 cm³/mol. The quantitative estimate of drug-likeness (QED) is 0.818. The van der Waals surface area contributed by atoms with E-state index < -0.39 is 0 Å². The first kappa shape index (κ1) is 17.9. The number of methoxy groups -OCH3 is 1. The number of anilines is 1. The second-order valence-electron chi connectivity index (χ2n) is 8.35. The standard InChI is InChI=1S/C19H26N2O4S/c1-9-11-5-6-19(3)7-12-15(10(2)14(19)16(11)25-17(9)23)21-18(26-12)20-13(22)8-24-4/h9-11,14,16H,5-8H2,1-4H3,(H,20,21,22)/t9-,10+,11-,14+,16+,19+/m0/s1. The molecule has 0 radical (unpaired) electrons. The molecule has 7 heteroatoms. The molecule has 0 aromatic carbocycles. The summed E-state index contributed by atoms with van der Waals surface area (Å²) in [7, 11) is 1.50. The molecule has 6 nitrogen and oxygen atoms in total. The molecule has 1 saturated heterocycles. The van der Waals surface area contributed by atoms with E-state index in [4.69, 9.17) is 14.5 Å². The average molecular weight is 378 g/mol. The number of carbonyl (C=O) groups excluding carboxylic acids is 2. The van der Waals surface area contributed by atoms with E-state index in [-0.39, 0.29) is 47.8 Å². The molecule has 26 heavy (non-hydrogen) atoms. The topological polar surface area (TPSA) is 77.5 Å². The molecule has 6 atom stereocenters. The van der Waals surface area contributed by atoms with Gasteiger partial charge in [0, 0.05) is 29.7 Å². The highest BCUT2D eigenvalue weighted by Crippen LogP contribution is 2.59. The molecule has 2 heterocycles. The zero-order chi connectivity index (χ0) is 18.6. The van der Waals surface area contributed by atoms with E-state index in [1.165, 1.54) is 12.0 Å². The van der Waals surface area contributed by atoms with Crippen molar-refractivity contribution < 1.29 is 19.1 Å². The van der Waals surface area contributed by atoms with Gasteiger partial charge in [-0.25, -0.2) is 4.98 Å². The Labute approximate surface area is 157 Å². The van der Waals surface area contributed by atoms with Gasteiger partial charge in [0.2, 0.25) is 0 Å². The summed E-state index contributed by atoms with van der Waals surface area (Å²) in [6.07, 6.45) is 3.08. The van der Waals surface area contributed by atoms with E-state index >= 15 is 0 Å². The molecule has 0 unspecified atom stereocenters. The fourth-order valence-electron chi connectivity index (χ4n) is 5.42. The van der Waals surface area contributed by atoms with E-state index in [9.17, 15) is 9.59 Å². The van der Waals surface area contributed by atoms with Crippen LogP contribution in [0.4, 0.5) is 5.13 Å². The van der Waals surface area contributed by atoms with Gasteiger partial charge in [0.1, 0.15) is 12.7 Å². The van der Waals surface area contributed by atoms with Crippen LogP contribution in [0.15, 0.2) is 0 Å². The van der Waals surface area contributed by atoms with Crippen molar-refractivity contribution in [3.63, 3.8) is 0 Å². The average Bonchev–Trinajstić information content (AvgIpc) is 3.08. The van der Waals surface area contributed by atoms with Crippen molar-refractivity contribution in [2.24, 2.45) is 23.2 Å². The highest BCUT2D eigenvalue weighted by Gasteiger charge is 2.58. The second-order valence-corrected chi connectivity index (χ2v) is 9.43. The maximum Gasteiger partial charge on any atom is 0.309 e. The number of amides is 1. The fraction of sp³-hybridized carbons (Fsp3) is 0.737. The van der Waals surface area contributed by atoms with Crippen molar-refractivity contribution in [1.29, 1.82) is 0 Å². The Hall–Kier alpha value is -1.47. The SMILES string of the molecule is COCC(=O)Nc1nc2c(s1)C[C@@]1(C)CC[C@@H]3[C@@H](OC(=O)[C@H]3C)[C@H]1[C@H]2C. The van der Waals surface area contributed by atoms with Crippen LogP contribution in [0.3, 0.4) is 0 Å². The van der Waals surface area contributed by atoms with Crippen molar-refractivity contribution >= 4 is 28.3 Å². The molecular weight excluding hydrogens is 352 g/mol. The summed E-state index contributed by atoms with van der Waals surface area (Å²) >= 11 is 1.57. The van der Waals surface area contributed by atoms with Gasteiger partial charge in [-0.05, 0) is 24.7 Å². The van der Waals surface area contributed by atoms with Crippen molar-refractivity contribution in [2.45, 2.75) is 52.1 Å². The Morgan fingerprint density at radius 3 is 2.92 bits per heavy atom. The zero-order valence-corrected chi connectivity index (χ0v) is 16.5. The lowest BCUT2D eigenvalue weighted by Crippen LogP contribution is -2.50. The van der Waals surface area contributed by atoms with Crippen LogP contribution in [0.5, 0.6) is 0 Å². The highest BCUT2D eigenvalue weighted by molar-refractivity contribution is 7.15. The highest BCUT2D eigenvalue weighted by atomic mass is 32.1. The van der Waals surface area contributed by atoms with Gasteiger partial charge in [-0.3, -0.25) is 14.9 Å². The number of fused-ring (bicyclic) bond motifs is 4. The Morgan fingerprint density at radius 1 is 1.42 bits per heavy atom. The van der Waals surface area contributed by atoms with Crippen molar-refractivity contribution in [3.8, 4) is 0 Å². The smallest absolute Gasteiger partial charge is 0.309 e. The van der Waals surface area contributed by atoms with Crippen LogP contribution in [-0.4, -0.2) is 36.7 Å². The molecule has 142 valence electrons. The van der Waals surface area contributed by atoms with Gasteiger partial charge in [-0.15, -0.1) is 11.3 Å². The number of nitrogens with one attached hydrogen (secondary N) is 1. The number of hydrogen-bond acceptors (Lipinski definition) is 6. The normalized spacial score (nSPS) is 38.2. The molecule has 4 rings (SSSR count). The summed E-state index contributed by atoms with van der Waals surface area (Å²) in [5, 5.41) is 3.47. The summed E-state index contributed by atoms with van der Waals surface area (Å²) in [5.41, 5.74) is 1.17. The predicted octanol–water partition coefficient (Wildman–Crippen LogP) is 2.98. The summed E-state index contributed by atoms with van der Waals surface area (Å²) in [6, 6.07) is 0. The number of esters is 1. The number of nitrogens with zero attached hydrogens (tertiary/aromatic N) is 1. The van der Waals surface area contributed by atoms with Crippen molar-refractivity contribution in [1.82, 2.24) is 4.98 Å². The van der Waals surface area contributed by atoms with Crippen LogP contribution in [0, 0.1) is 23.2 Å². The van der Waals surface area contributed by atoms with Crippen molar-refractivity contribution in [2.75, 3.05) is 19.0 Å². The Morgan fingerprint density at radius 2 is 2.19 bits per heavy atom. The maximum absolute atomic E-state index is 12.2. The number of aromatic nitrogens is 1. The maximum atomic E-state index is 12.2. The summed E-state index contributed by atoms with van der Waals surface area (Å²) in [6.45, 7) is 6.55. The lowest BCUT2D eigenvalue weighted by Gasteiger charge is -2.51. The summed E-state index contributed by atoms with van der Waals surface area (Å²) in [5.74, 6) is 0.578. The van der Waals surface area contributed by atoms with Crippen LogP contribution in [0.2, 0.25) is 0 Å². The second kappa shape index (κ2) is 6.30. The number of hydrogen-bond donors (Lipinski definition) is 1. The summed E-state index contributed by atoms with van der Waals surface area (Å²) in [4.78, 5) is 29.9. The molecule has 2 fully saturated rings. The Kier molecular flexibility index (Phi) is 4.34. The molecule has 3 aliphatic rings. The van der Waals surface area contributed by atoms with E-state index in [1.54, 1.807) is 11.3 Å². The molecule has 1 aromatic heterocycles. The Bertz CT molecular complexity index is 748. The van der Waals surface area contributed by atoms with E-state index in [2.05, 4.69) is 19.2 Å². The van der Waals surface area contributed by atoms with Gasteiger partial charge < -0.3 is 9.47 Å². The first-order chi connectivity index (χ1) is 12.3. The molecule has 1 amide bonds. The molecule has 1 saturated carbocycles. The number of ether oxygens (including phenoxy) is 2. The van der Waals surface area contributed by atoms with Gasteiger partial charge in [-0.1, -0.05) is 20.8 Å². The molecule has 1 aromatic rings. The van der Waals surface area contributed by atoms with E-state index in [0.717, 1.165) is 25.0 Å². The minimum atomic E-state index is -0.187. The lowest BCUT2D eigenvalue weighted by molar-refractivity contribution is -0.149. The van der Waals surface area contributed by atoms with E-state index in [0.29, 0.717) is 11.0 Å². The van der Waals surface area contributed by atoms with Crippen LogP contribution >= 0.6 is 11.3 Å². The van der Waals surface area contributed by atoms with Crippen LogP contribution < -0.4 is 5.32 Å². The van der Waals surface area contributed by atoms with Crippen LogP contribution in [-0.2, 0) is 25.5 Å². The third kappa shape index (κ3) is 2.67. The molecule has 2 aliphatic carbocycles. The van der Waals surface area contributed by atoms with Crippen LogP contribution in [0.25, 0.3) is 0 Å². The van der Waals surface area contributed by atoms with E-state index in [1.807, 2.05) is 6.92 Å². The van der Waals surface area contributed by atoms with Crippen LogP contribution in [0.1, 0.15) is 50.1 Å². The third-order valence-electron chi connectivity index (χ3n) is 6.68. The Balaban J connectivity index is 1.64. The minimum Gasteiger partial charge on any atom is -0.461 e. The van der Waals surface area contributed by atoms with Gasteiger partial charge >= 0.3 is 5.97 Å².